The highest BCUT2D eigenvalue weighted by Crippen LogP contribution is 2.71. The third-order valence-electron chi connectivity index (χ3n) is 2.62. The summed E-state index contributed by atoms with van der Waals surface area (Å²) in [6.07, 6.45) is 0. The van der Waals surface area contributed by atoms with Crippen molar-refractivity contribution in [3.05, 3.63) is 48.5 Å². The Balaban J connectivity index is 2.11. The van der Waals surface area contributed by atoms with Crippen LogP contribution in [0.5, 0.6) is 0 Å². The normalized spacial score (nSPS) is 11.9. The molecule has 0 fully saturated rings. The number of hydrogen-bond acceptors (Lipinski definition) is 4. The van der Waals surface area contributed by atoms with E-state index in [1.165, 1.54) is 0 Å². The van der Waals surface area contributed by atoms with E-state index >= 15 is 0 Å². The van der Waals surface area contributed by atoms with Gasteiger partial charge in [0.05, 0.1) is 10.2 Å². The fourth-order valence-corrected chi connectivity index (χ4v) is 6.03. The Labute approximate surface area is 133 Å². The molecule has 3 rings (SSSR count). The molecule has 0 spiro atoms. The van der Waals surface area contributed by atoms with E-state index in [-0.39, 0.29) is 0 Å². The van der Waals surface area contributed by atoms with Crippen LogP contribution in [0.4, 0.5) is 0 Å². The molecule has 20 heavy (non-hydrogen) atoms. The van der Waals surface area contributed by atoms with E-state index in [0.29, 0.717) is 0 Å². The molecule has 0 aliphatic carbocycles. The first kappa shape index (κ1) is 14.4. The summed E-state index contributed by atoms with van der Waals surface area (Å²) in [6, 6.07) is 15.5. The number of para-hydroxylation sites is 1. The first-order chi connectivity index (χ1) is 9.53. The fraction of sp³-hybridized carbons (Fsp3) is 0. The first-order valence-corrected chi connectivity index (χ1v) is 11.4. The van der Waals surface area contributed by atoms with Crippen molar-refractivity contribution in [3.63, 3.8) is 0 Å². The third-order valence-corrected chi connectivity index (χ3v) is 6.92. The van der Waals surface area contributed by atoms with Gasteiger partial charge in [-0.05, 0) is 52.1 Å². The molecule has 1 aromatic heterocycles. The first-order valence-electron chi connectivity index (χ1n) is 5.67. The van der Waals surface area contributed by atoms with Gasteiger partial charge in [0.15, 0.2) is 0 Å². The maximum Gasteiger partial charge on any atom is 0.311 e. The Kier molecular flexibility index (Phi) is 4.11. The number of benzene rings is 2. The van der Waals surface area contributed by atoms with E-state index in [0.717, 1.165) is 37.1 Å². The number of nitrogens with zero attached hydrogens (tertiary/aromatic N) is 1. The standard InChI is InChI=1S/C13H8Cl2NOPS2/c14-18(15,17)20-11-7-3-1-5-9(11)13-16-10-6-2-4-8-12(10)19-13/h1-8H. The lowest BCUT2D eigenvalue weighted by atomic mass is 10.2. The zero-order valence-electron chi connectivity index (χ0n) is 9.99. The lowest BCUT2D eigenvalue weighted by molar-refractivity contribution is 0.600. The van der Waals surface area contributed by atoms with Crippen LogP contribution in [-0.4, -0.2) is 4.98 Å². The van der Waals surface area contributed by atoms with Crippen LogP contribution in [0.3, 0.4) is 0 Å². The molecule has 7 heteroatoms. The van der Waals surface area contributed by atoms with Gasteiger partial charge < -0.3 is 0 Å². The second kappa shape index (κ2) is 5.70. The van der Waals surface area contributed by atoms with Crippen LogP contribution >= 0.6 is 50.2 Å². The Hall–Kier alpha value is -0.510. The number of aromatic nitrogens is 1. The van der Waals surface area contributed by atoms with Gasteiger partial charge >= 0.3 is 5.05 Å². The molecule has 0 amide bonds. The Morgan fingerprint density at radius 2 is 1.75 bits per heavy atom. The van der Waals surface area contributed by atoms with E-state index in [9.17, 15) is 4.57 Å². The quantitative estimate of drug-likeness (QED) is 0.490. The molecular formula is C13H8Cl2NOPS2. The van der Waals surface area contributed by atoms with E-state index in [1.807, 2.05) is 48.5 Å². The molecular weight excluding hydrogens is 352 g/mol. The molecule has 0 aliphatic rings. The Morgan fingerprint density at radius 1 is 1.05 bits per heavy atom. The molecule has 0 atom stereocenters. The summed E-state index contributed by atoms with van der Waals surface area (Å²) in [5, 5.41) is -2.36. The highest BCUT2D eigenvalue weighted by atomic mass is 35.9. The smallest absolute Gasteiger partial charge is 0.277 e. The summed E-state index contributed by atoms with van der Waals surface area (Å²) in [7, 11) is 0. The summed E-state index contributed by atoms with van der Waals surface area (Å²) < 4.78 is 12.7. The molecule has 0 saturated heterocycles. The maximum atomic E-state index is 11.6. The Morgan fingerprint density at radius 3 is 2.50 bits per heavy atom. The predicted octanol–water partition coefficient (Wildman–Crippen LogP) is 6.64. The third kappa shape index (κ3) is 3.21. The molecule has 0 bridgehead atoms. The number of halogens is 2. The van der Waals surface area contributed by atoms with Crippen molar-refractivity contribution in [2.24, 2.45) is 0 Å². The topological polar surface area (TPSA) is 30.0 Å². The van der Waals surface area contributed by atoms with E-state index in [2.05, 4.69) is 4.98 Å². The van der Waals surface area contributed by atoms with Gasteiger partial charge in [-0.1, -0.05) is 30.3 Å². The number of rotatable bonds is 3. The number of fused-ring (bicyclic) bond motifs is 1. The van der Waals surface area contributed by atoms with Gasteiger partial charge in [-0.25, -0.2) is 4.98 Å². The van der Waals surface area contributed by atoms with Crippen molar-refractivity contribution in [1.82, 2.24) is 4.98 Å². The second-order valence-electron chi connectivity index (χ2n) is 3.99. The molecule has 0 unspecified atom stereocenters. The number of thiazole rings is 1. The molecule has 0 N–H and O–H groups in total. The van der Waals surface area contributed by atoms with Crippen LogP contribution < -0.4 is 0 Å². The summed E-state index contributed by atoms with van der Waals surface area (Å²) >= 11 is 13.9. The lowest BCUT2D eigenvalue weighted by Gasteiger charge is -2.06. The molecule has 1 heterocycles. The summed E-state index contributed by atoms with van der Waals surface area (Å²) in [5.74, 6) is 0. The van der Waals surface area contributed by atoms with E-state index in [4.69, 9.17) is 22.5 Å². The van der Waals surface area contributed by atoms with Crippen molar-refractivity contribution < 1.29 is 4.57 Å². The minimum absolute atomic E-state index is 0.778. The van der Waals surface area contributed by atoms with Gasteiger partial charge in [0.25, 0.3) is 0 Å². The van der Waals surface area contributed by atoms with Gasteiger partial charge in [0.1, 0.15) is 5.01 Å². The van der Waals surface area contributed by atoms with Gasteiger partial charge in [0.2, 0.25) is 0 Å². The van der Waals surface area contributed by atoms with Gasteiger partial charge in [-0.2, -0.15) is 0 Å². The maximum absolute atomic E-state index is 11.6. The molecule has 3 aromatic rings. The Bertz CT molecular complexity index is 782. The van der Waals surface area contributed by atoms with Crippen molar-refractivity contribution in [3.8, 4) is 10.6 Å². The van der Waals surface area contributed by atoms with Crippen molar-refractivity contribution in [2.45, 2.75) is 4.90 Å². The van der Waals surface area contributed by atoms with Crippen molar-refractivity contribution in [1.29, 1.82) is 0 Å². The molecule has 0 radical (unpaired) electrons. The molecule has 102 valence electrons. The SMILES string of the molecule is O=P(Cl)(Cl)Sc1ccccc1-c1nc2ccccc2s1. The van der Waals surface area contributed by atoms with Crippen LogP contribution in [0.25, 0.3) is 20.8 Å². The van der Waals surface area contributed by atoms with Crippen LogP contribution in [0.2, 0.25) is 0 Å². The van der Waals surface area contributed by atoms with Crippen LogP contribution in [0, 0.1) is 0 Å². The largest absolute Gasteiger partial charge is 0.311 e. The van der Waals surface area contributed by atoms with Crippen molar-refractivity contribution >= 4 is 60.5 Å². The van der Waals surface area contributed by atoms with Crippen LogP contribution in [0.1, 0.15) is 0 Å². The van der Waals surface area contributed by atoms with Gasteiger partial charge in [-0.15, -0.1) is 11.3 Å². The van der Waals surface area contributed by atoms with Gasteiger partial charge in [-0.3, -0.25) is 4.57 Å². The zero-order valence-corrected chi connectivity index (χ0v) is 14.0. The van der Waals surface area contributed by atoms with Gasteiger partial charge in [0, 0.05) is 10.5 Å². The monoisotopic (exact) mass is 359 g/mol. The highest BCUT2D eigenvalue weighted by molar-refractivity contribution is 8.72. The second-order valence-corrected chi connectivity index (χ2v) is 13.1. The molecule has 2 aromatic carbocycles. The van der Waals surface area contributed by atoms with E-state index < -0.39 is 5.05 Å². The molecule has 0 saturated carbocycles. The minimum atomic E-state index is -3.23. The lowest BCUT2D eigenvalue weighted by Crippen LogP contribution is -1.79. The van der Waals surface area contributed by atoms with Crippen molar-refractivity contribution in [2.75, 3.05) is 0 Å². The summed E-state index contributed by atoms with van der Waals surface area (Å²) in [5.41, 5.74) is 1.85. The average Bonchev–Trinajstić information content (AvgIpc) is 2.81. The highest BCUT2D eigenvalue weighted by Gasteiger charge is 2.19. The predicted molar refractivity (Wildman–Crippen MR) is 90.2 cm³/mol. The number of hydrogen-bond donors (Lipinski definition) is 0. The minimum Gasteiger partial charge on any atom is -0.277 e. The fourth-order valence-electron chi connectivity index (χ4n) is 1.82. The van der Waals surface area contributed by atoms with E-state index in [1.54, 1.807) is 11.3 Å². The molecule has 0 aliphatic heterocycles. The summed E-state index contributed by atoms with van der Waals surface area (Å²) in [6.45, 7) is 0. The average molecular weight is 360 g/mol. The zero-order chi connectivity index (χ0) is 14.2. The molecule has 2 nitrogen and oxygen atoms in total. The van der Waals surface area contributed by atoms with Crippen LogP contribution in [-0.2, 0) is 4.57 Å². The summed E-state index contributed by atoms with van der Waals surface area (Å²) in [4.78, 5) is 5.38. The van der Waals surface area contributed by atoms with Crippen LogP contribution in [0.15, 0.2) is 53.4 Å².